The van der Waals surface area contributed by atoms with E-state index in [4.69, 9.17) is 0 Å². The van der Waals surface area contributed by atoms with E-state index < -0.39 is 0 Å². The lowest BCUT2D eigenvalue weighted by Gasteiger charge is -2.03. The molecule has 236 valence electrons. The van der Waals surface area contributed by atoms with E-state index in [1.807, 2.05) is 0 Å². The second-order valence-corrected chi connectivity index (χ2v) is 12.7. The molecule has 0 aliphatic rings. The van der Waals surface area contributed by atoms with Crippen LogP contribution in [-0.2, 0) is 9.59 Å². The molecule has 2 nitrogen and oxygen atoms in total. The largest absolute Gasteiger partial charge is 0.295 e. The molecule has 0 bridgehead atoms. The van der Waals surface area contributed by atoms with Crippen molar-refractivity contribution in [2.45, 2.75) is 219 Å². The van der Waals surface area contributed by atoms with Gasteiger partial charge in [0.25, 0.3) is 0 Å². The second kappa shape index (κ2) is 34.3. The van der Waals surface area contributed by atoms with Crippen molar-refractivity contribution in [1.82, 2.24) is 0 Å². The summed E-state index contributed by atoms with van der Waals surface area (Å²) >= 11 is 0. The van der Waals surface area contributed by atoms with Gasteiger partial charge in [-0.2, -0.15) is 0 Å². The van der Waals surface area contributed by atoms with Crippen LogP contribution in [0.4, 0.5) is 0 Å². The van der Waals surface area contributed by atoms with Gasteiger partial charge < -0.3 is 0 Å². The minimum Gasteiger partial charge on any atom is -0.295 e. The minimum absolute atomic E-state index is 0.125. The molecule has 0 unspecified atom stereocenters. The maximum Gasteiger partial charge on any atom is 0.155 e. The van der Waals surface area contributed by atoms with Gasteiger partial charge in [0.1, 0.15) is 0 Å². The minimum atomic E-state index is 0.125. The highest BCUT2D eigenvalue weighted by Crippen LogP contribution is 2.15. The molecule has 0 N–H and O–H groups in total. The molecule has 0 fully saturated rings. The summed E-state index contributed by atoms with van der Waals surface area (Å²) in [4.78, 5) is 24.1. The fourth-order valence-corrected chi connectivity index (χ4v) is 5.69. The van der Waals surface area contributed by atoms with Crippen LogP contribution in [0.15, 0.2) is 12.2 Å². The van der Waals surface area contributed by atoms with E-state index in [2.05, 4.69) is 13.8 Å². The predicted molar refractivity (Wildman–Crippen MR) is 178 cm³/mol. The Hall–Kier alpha value is -0.920. The van der Waals surface area contributed by atoms with Gasteiger partial charge in [-0.1, -0.05) is 194 Å². The Morgan fingerprint density at radius 2 is 0.475 bits per heavy atom. The summed E-state index contributed by atoms with van der Waals surface area (Å²) < 4.78 is 0. The van der Waals surface area contributed by atoms with Crippen LogP contribution in [0.1, 0.15) is 219 Å². The van der Waals surface area contributed by atoms with Gasteiger partial charge in [-0.15, -0.1) is 0 Å². The van der Waals surface area contributed by atoms with E-state index in [9.17, 15) is 9.59 Å². The Morgan fingerprint density at radius 3 is 0.675 bits per heavy atom. The summed E-state index contributed by atoms with van der Waals surface area (Å²) in [6.45, 7) is 4.56. The van der Waals surface area contributed by atoms with Gasteiger partial charge in [0.2, 0.25) is 0 Å². The third-order valence-electron chi connectivity index (χ3n) is 8.51. The average Bonchev–Trinajstić information content (AvgIpc) is 2.96. The van der Waals surface area contributed by atoms with E-state index >= 15 is 0 Å². The average molecular weight is 561 g/mol. The molecule has 0 aromatic carbocycles. The Kier molecular flexibility index (Phi) is 33.5. The first-order chi connectivity index (χ1) is 19.7. The Labute approximate surface area is 252 Å². The molecule has 0 atom stereocenters. The lowest BCUT2D eigenvalue weighted by atomic mass is 10.0. The first-order valence-corrected chi connectivity index (χ1v) is 18.4. The van der Waals surface area contributed by atoms with E-state index in [1.54, 1.807) is 0 Å². The van der Waals surface area contributed by atoms with Gasteiger partial charge in [0, 0.05) is 12.8 Å². The fraction of sp³-hybridized carbons (Fsp3) is 0.895. The van der Waals surface area contributed by atoms with Crippen molar-refractivity contribution in [3.8, 4) is 0 Å². The van der Waals surface area contributed by atoms with Crippen LogP contribution in [0.25, 0.3) is 0 Å². The van der Waals surface area contributed by atoms with Crippen LogP contribution < -0.4 is 0 Å². The number of carbonyl (C=O) groups is 2. The van der Waals surface area contributed by atoms with E-state index in [0.29, 0.717) is 12.8 Å². The zero-order valence-electron chi connectivity index (χ0n) is 27.6. The third kappa shape index (κ3) is 33.3. The number of carbonyl (C=O) groups excluding carboxylic acids is 2. The molecule has 0 saturated heterocycles. The predicted octanol–water partition coefficient (Wildman–Crippen LogP) is 13.2. The normalized spacial score (nSPS) is 11.6. The molecule has 0 spiro atoms. The molecular weight excluding hydrogens is 488 g/mol. The van der Waals surface area contributed by atoms with Gasteiger partial charge in [0.05, 0.1) is 0 Å². The molecule has 2 heteroatoms. The van der Waals surface area contributed by atoms with Gasteiger partial charge >= 0.3 is 0 Å². The lowest BCUT2D eigenvalue weighted by Crippen LogP contribution is -1.97. The Morgan fingerprint density at radius 1 is 0.300 bits per heavy atom. The molecule has 0 rings (SSSR count). The smallest absolute Gasteiger partial charge is 0.155 e. The van der Waals surface area contributed by atoms with Crippen LogP contribution in [0.3, 0.4) is 0 Å². The zero-order valence-corrected chi connectivity index (χ0v) is 27.6. The first-order valence-electron chi connectivity index (χ1n) is 18.4. The van der Waals surface area contributed by atoms with Gasteiger partial charge in [0.15, 0.2) is 11.6 Å². The summed E-state index contributed by atoms with van der Waals surface area (Å²) in [6, 6.07) is 0. The van der Waals surface area contributed by atoms with Crippen molar-refractivity contribution < 1.29 is 9.59 Å². The lowest BCUT2D eigenvalue weighted by molar-refractivity contribution is -0.116. The molecule has 0 heterocycles. The second-order valence-electron chi connectivity index (χ2n) is 12.7. The van der Waals surface area contributed by atoms with Crippen LogP contribution >= 0.6 is 0 Å². The van der Waals surface area contributed by atoms with Crippen molar-refractivity contribution in [1.29, 1.82) is 0 Å². The molecule has 0 aliphatic carbocycles. The zero-order chi connectivity index (χ0) is 29.2. The summed E-state index contributed by atoms with van der Waals surface area (Å²) in [5.41, 5.74) is 0. The van der Waals surface area contributed by atoms with Gasteiger partial charge in [-0.05, 0) is 25.0 Å². The molecule has 0 aromatic heterocycles. The van der Waals surface area contributed by atoms with Crippen molar-refractivity contribution in [3.05, 3.63) is 12.2 Å². The van der Waals surface area contributed by atoms with Crippen LogP contribution in [0.2, 0.25) is 0 Å². The van der Waals surface area contributed by atoms with Crippen molar-refractivity contribution in [2.24, 2.45) is 0 Å². The summed E-state index contributed by atoms with van der Waals surface area (Å²) in [6.07, 6.45) is 44.4. The number of hydrogen-bond acceptors (Lipinski definition) is 2. The highest BCUT2D eigenvalue weighted by Gasteiger charge is 2.02. The summed E-state index contributed by atoms with van der Waals surface area (Å²) in [5.74, 6) is 0.249. The number of hydrogen-bond donors (Lipinski definition) is 0. The summed E-state index contributed by atoms with van der Waals surface area (Å²) in [5, 5.41) is 0. The number of unbranched alkanes of at least 4 members (excludes halogenated alkanes) is 28. The molecular formula is C38H72O2. The fourth-order valence-electron chi connectivity index (χ4n) is 5.69. The standard InChI is InChI=1S/C38H72O2/c1-3-5-7-9-11-13-15-17-19-21-23-25-27-29-31-33-37(39)35-36-38(40)34-32-30-28-26-24-22-20-18-16-14-12-10-8-6-4-2/h35-36H,3-34H2,1-2H3. The topological polar surface area (TPSA) is 34.1 Å². The van der Waals surface area contributed by atoms with Crippen LogP contribution in [0, 0.1) is 0 Å². The van der Waals surface area contributed by atoms with Crippen LogP contribution in [0.5, 0.6) is 0 Å². The molecule has 0 aromatic rings. The number of rotatable bonds is 34. The highest BCUT2D eigenvalue weighted by atomic mass is 16.1. The maximum absolute atomic E-state index is 12.1. The van der Waals surface area contributed by atoms with E-state index in [0.717, 1.165) is 25.7 Å². The molecule has 40 heavy (non-hydrogen) atoms. The van der Waals surface area contributed by atoms with Crippen LogP contribution in [-0.4, -0.2) is 11.6 Å². The van der Waals surface area contributed by atoms with E-state index in [-0.39, 0.29) is 11.6 Å². The molecule has 0 amide bonds. The Bertz CT molecular complexity index is 502. The van der Waals surface area contributed by atoms with Crippen molar-refractivity contribution >= 4 is 11.6 Å². The summed E-state index contributed by atoms with van der Waals surface area (Å²) in [7, 11) is 0. The number of ketones is 2. The van der Waals surface area contributed by atoms with Crippen molar-refractivity contribution in [3.63, 3.8) is 0 Å². The molecule has 0 aliphatic heterocycles. The molecule has 0 radical (unpaired) electrons. The first kappa shape index (κ1) is 39.1. The quantitative estimate of drug-likeness (QED) is 0.0579. The monoisotopic (exact) mass is 561 g/mol. The highest BCUT2D eigenvalue weighted by molar-refractivity contribution is 5.98. The van der Waals surface area contributed by atoms with Crippen molar-refractivity contribution in [2.75, 3.05) is 0 Å². The number of allylic oxidation sites excluding steroid dienone is 2. The molecule has 0 saturated carbocycles. The maximum atomic E-state index is 12.1. The Balaban J connectivity index is 3.34. The SMILES string of the molecule is CCCCCCCCCCCCCCCCCC(=O)C=CC(=O)CCCCCCCCCCCCCCCCC. The van der Waals surface area contributed by atoms with Gasteiger partial charge in [-0.3, -0.25) is 9.59 Å². The van der Waals surface area contributed by atoms with E-state index in [1.165, 1.54) is 179 Å². The third-order valence-corrected chi connectivity index (χ3v) is 8.51. The van der Waals surface area contributed by atoms with Gasteiger partial charge in [-0.25, -0.2) is 0 Å².